The average molecular weight is 828 g/mol. The Hall–Kier alpha value is -4.02. The number of rotatable bonds is 13. The largest absolute Gasteiger partial charge is 0.478 e. The molecule has 0 atom stereocenters. The monoisotopic (exact) mass is 827 g/mol. The van der Waals surface area contributed by atoms with Crippen molar-refractivity contribution in [3.8, 4) is 0 Å². The summed E-state index contributed by atoms with van der Waals surface area (Å²) in [5.74, 6) is -2.26. The Balaban J connectivity index is 1.70. The summed E-state index contributed by atoms with van der Waals surface area (Å²) in [4.78, 5) is 12.1. The van der Waals surface area contributed by atoms with Gasteiger partial charge >= 0.3 is 5.97 Å². The molecular weight excluding hydrogens is 789 g/mol. The van der Waals surface area contributed by atoms with Gasteiger partial charge in [-0.25, -0.2) is 4.79 Å². The molecule has 3 aromatic rings. The molecule has 5 N–H and O–H groups in total. The fourth-order valence-electron chi connectivity index (χ4n) is 7.33. The first-order chi connectivity index (χ1) is 24.6. The van der Waals surface area contributed by atoms with Crippen LogP contribution in [0.4, 0.5) is 11.4 Å². The van der Waals surface area contributed by atoms with Crippen LogP contribution in [0.5, 0.6) is 0 Å². The van der Waals surface area contributed by atoms with Crippen LogP contribution >= 0.6 is 0 Å². The van der Waals surface area contributed by atoms with E-state index in [-0.39, 0.29) is 42.3 Å². The van der Waals surface area contributed by atoms with E-state index < -0.39 is 78.6 Å². The van der Waals surface area contributed by atoms with E-state index in [2.05, 4.69) is 0 Å². The smallest absolute Gasteiger partial charge is 0.335 e. The molecule has 0 fully saturated rings. The maximum absolute atomic E-state index is 12.4. The molecule has 0 saturated carbocycles. The quantitative estimate of drug-likeness (QED) is 0.119. The van der Waals surface area contributed by atoms with Crippen molar-refractivity contribution >= 4 is 74.3 Å². The van der Waals surface area contributed by atoms with Crippen LogP contribution in [0.1, 0.15) is 62.0 Å². The van der Waals surface area contributed by atoms with Crippen LogP contribution in [0.25, 0.3) is 10.8 Å². The zero-order valence-electron chi connectivity index (χ0n) is 29.5. The summed E-state index contributed by atoms with van der Waals surface area (Å²) in [6.45, 7) is 7.36. The molecule has 0 radical (unpaired) electrons. The molecule has 0 unspecified atom stereocenters. The summed E-state index contributed by atoms with van der Waals surface area (Å²) in [5.41, 5.74) is 1.38. The van der Waals surface area contributed by atoms with Crippen molar-refractivity contribution in [3.05, 3.63) is 83.1 Å². The first-order valence-electron chi connectivity index (χ1n) is 16.3. The van der Waals surface area contributed by atoms with Crippen LogP contribution < -0.4 is 4.90 Å². The second-order valence-electron chi connectivity index (χ2n) is 14.1. The fourth-order valence-corrected chi connectivity index (χ4v) is 9.66. The van der Waals surface area contributed by atoms with Gasteiger partial charge in [-0.3, -0.25) is 18.2 Å². The van der Waals surface area contributed by atoms with Gasteiger partial charge in [-0.1, -0.05) is 19.9 Å². The van der Waals surface area contributed by atoms with Crippen LogP contribution in [-0.4, -0.2) is 97.8 Å². The van der Waals surface area contributed by atoms with Gasteiger partial charge in [-0.2, -0.15) is 38.2 Å². The molecular formula is C34H39N2O14S4+. The summed E-state index contributed by atoms with van der Waals surface area (Å²) in [5, 5.41) is 9.68. The van der Waals surface area contributed by atoms with Crippen molar-refractivity contribution < 1.29 is 66.4 Å². The maximum Gasteiger partial charge on any atom is 0.335 e. The van der Waals surface area contributed by atoms with Gasteiger partial charge in [0.2, 0.25) is 5.69 Å². The Morgan fingerprint density at radius 2 is 1.41 bits per heavy atom. The summed E-state index contributed by atoms with van der Waals surface area (Å²) in [6.07, 6.45) is 5.07. The predicted octanol–water partition coefficient (Wildman–Crippen LogP) is 4.20. The summed E-state index contributed by atoms with van der Waals surface area (Å²) in [6, 6.07) is 9.18. The van der Waals surface area contributed by atoms with Gasteiger partial charge in [0, 0.05) is 52.9 Å². The number of benzene rings is 3. The molecule has 5 rings (SSSR count). The van der Waals surface area contributed by atoms with Gasteiger partial charge in [0.05, 0.1) is 27.4 Å². The number of aromatic carboxylic acids is 1. The van der Waals surface area contributed by atoms with Gasteiger partial charge in [0.1, 0.15) is 11.4 Å². The number of hydrogen-bond donors (Lipinski definition) is 5. The molecule has 0 aromatic heterocycles. The third kappa shape index (κ3) is 8.15. The van der Waals surface area contributed by atoms with E-state index in [1.807, 2.05) is 18.7 Å². The van der Waals surface area contributed by atoms with Crippen molar-refractivity contribution in [3.63, 3.8) is 0 Å². The molecule has 2 heterocycles. The Bertz CT molecular complexity index is 2640. The van der Waals surface area contributed by atoms with Crippen LogP contribution in [0.2, 0.25) is 0 Å². The molecule has 2 aliphatic rings. The number of allylic oxidation sites excluding steroid dienone is 4. The van der Waals surface area contributed by atoms with E-state index in [4.69, 9.17) is 0 Å². The normalized spacial score (nSPS) is 17.9. The molecule has 0 saturated heterocycles. The lowest BCUT2D eigenvalue weighted by Crippen LogP contribution is -2.29. The molecule has 20 heteroatoms. The standard InChI is InChI=1S/C34H38N2O14S4/c1-33(2)25-18-21(32(37)38)10-12-26(25)35(14-6-16-51(39,40)41)29(33)8-5-9-30-34(3,4)31-24-19-22(53(45,46)47)20-28(54(48,49)50)23(24)11-13-27(31)36(30)15-7-17-52(42,43)44/h5,8-13,18-20H,6-7,14-17H2,1-4H3,(H4-,37,38,39,40,41,42,43,44,45,46,47,48,49,50)/p+1. The van der Waals surface area contributed by atoms with E-state index in [0.29, 0.717) is 40.0 Å². The highest BCUT2D eigenvalue weighted by Gasteiger charge is 2.46. The molecule has 0 bridgehead atoms. The number of carboxylic acid groups (broad SMARTS) is 1. The number of hydrogen-bond acceptors (Lipinski definition) is 10. The van der Waals surface area contributed by atoms with Crippen LogP contribution in [0.15, 0.2) is 76.2 Å². The predicted molar refractivity (Wildman–Crippen MR) is 199 cm³/mol. The van der Waals surface area contributed by atoms with Gasteiger partial charge < -0.3 is 10.0 Å². The van der Waals surface area contributed by atoms with Crippen LogP contribution in [0.3, 0.4) is 0 Å². The molecule has 292 valence electrons. The summed E-state index contributed by atoms with van der Waals surface area (Å²) in [7, 11) is -18.6. The Labute approximate surface area is 313 Å². The Kier molecular flexibility index (Phi) is 10.6. The Morgan fingerprint density at radius 3 is 1.98 bits per heavy atom. The number of carboxylic acids is 1. The first kappa shape index (κ1) is 41.1. The third-order valence-electron chi connectivity index (χ3n) is 9.69. The van der Waals surface area contributed by atoms with E-state index in [0.717, 1.165) is 6.07 Å². The van der Waals surface area contributed by atoms with Crippen molar-refractivity contribution in [2.75, 3.05) is 29.5 Å². The number of carbonyl (C=O) groups is 1. The zero-order chi connectivity index (χ0) is 40.4. The fraction of sp³-hybridized carbons (Fsp3) is 0.353. The lowest BCUT2D eigenvalue weighted by Gasteiger charge is -2.27. The molecule has 16 nitrogen and oxygen atoms in total. The minimum Gasteiger partial charge on any atom is -0.478 e. The van der Waals surface area contributed by atoms with E-state index in [1.54, 1.807) is 42.7 Å². The van der Waals surface area contributed by atoms with Crippen LogP contribution in [-0.2, 0) is 51.3 Å². The molecule has 0 spiro atoms. The summed E-state index contributed by atoms with van der Waals surface area (Å²) < 4.78 is 136. The Morgan fingerprint density at radius 1 is 0.778 bits per heavy atom. The molecule has 54 heavy (non-hydrogen) atoms. The number of fused-ring (bicyclic) bond motifs is 4. The van der Waals surface area contributed by atoms with Crippen molar-refractivity contribution in [2.24, 2.45) is 0 Å². The van der Waals surface area contributed by atoms with Crippen LogP contribution in [0, 0.1) is 0 Å². The number of nitrogens with zero attached hydrogens (tertiary/aromatic N) is 2. The molecule has 0 aliphatic carbocycles. The minimum atomic E-state index is -5.01. The molecule has 0 amide bonds. The van der Waals surface area contributed by atoms with Crippen molar-refractivity contribution in [1.29, 1.82) is 0 Å². The topological polar surface area (TPSA) is 261 Å². The SMILES string of the molecule is CC1(C)C(=CC=CC2=[N+](CCCS(=O)(=O)O)c3ccc4c(S(=O)(=O)O)cc(S(=O)(=O)O)cc4c3C2(C)C)N(CCCS(=O)(=O)O)c2ccc(C(=O)O)cc21. The van der Waals surface area contributed by atoms with E-state index >= 15 is 0 Å². The maximum atomic E-state index is 12.4. The average Bonchev–Trinajstić information content (AvgIpc) is 3.36. The van der Waals surface area contributed by atoms with Gasteiger partial charge in [-0.05, 0) is 73.7 Å². The highest BCUT2D eigenvalue weighted by Crippen LogP contribution is 2.49. The number of anilines is 1. The minimum absolute atomic E-state index is 0.0117. The lowest BCUT2D eigenvalue weighted by atomic mass is 9.79. The second-order valence-corrected chi connectivity index (χ2v) is 20.0. The lowest BCUT2D eigenvalue weighted by molar-refractivity contribution is -0.437. The molecule has 2 aliphatic heterocycles. The first-order valence-corrected chi connectivity index (χ1v) is 22.4. The second kappa shape index (κ2) is 13.9. The third-order valence-corrected chi connectivity index (χ3v) is 13.0. The zero-order valence-corrected chi connectivity index (χ0v) is 32.7. The summed E-state index contributed by atoms with van der Waals surface area (Å²) >= 11 is 0. The van der Waals surface area contributed by atoms with Crippen molar-refractivity contribution in [2.45, 2.75) is 61.2 Å². The van der Waals surface area contributed by atoms with Gasteiger partial charge in [-0.15, -0.1) is 0 Å². The van der Waals surface area contributed by atoms with Crippen molar-refractivity contribution in [1.82, 2.24) is 0 Å². The molecule has 3 aromatic carbocycles. The highest BCUT2D eigenvalue weighted by molar-refractivity contribution is 7.87. The van der Waals surface area contributed by atoms with E-state index in [1.165, 1.54) is 24.3 Å². The van der Waals surface area contributed by atoms with Gasteiger partial charge in [0.25, 0.3) is 40.5 Å². The van der Waals surface area contributed by atoms with Gasteiger partial charge in [0.15, 0.2) is 5.71 Å². The highest BCUT2D eigenvalue weighted by atomic mass is 32.2. The van der Waals surface area contributed by atoms with E-state index in [9.17, 15) is 61.8 Å².